The molecule has 0 aliphatic carbocycles. The number of nitrogens with two attached hydrogens (primary N) is 1. The van der Waals surface area contributed by atoms with Crippen molar-refractivity contribution in [2.24, 2.45) is 11.7 Å². The van der Waals surface area contributed by atoms with E-state index in [2.05, 4.69) is 5.32 Å². The number of anilines is 1. The van der Waals surface area contributed by atoms with Crippen molar-refractivity contribution < 1.29 is 14.5 Å². The molecule has 29 heavy (non-hydrogen) atoms. The smallest absolute Gasteiger partial charge is 0.293 e. The molecule has 9 heteroatoms. The van der Waals surface area contributed by atoms with Crippen molar-refractivity contribution >= 4 is 35.5 Å². The number of benzene rings is 2. The van der Waals surface area contributed by atoms with Crippen LogP contribution in [0, 0.1) is 16.0 Å². The van der Waals surface area contributed by atoms with Crippen molar-refractivity contribution in [3.05, 3.63) is 69.3 Å². The summed E-state index contributed by atoms with van der Waals surface area (Å²) in [5, 5.41) is 14.1. The monoisotopic (exact) mass is 420 g/mol. The van der Waals surface area contributed by atoms with Crippen molar-refractivity contribution in [3.63, 3.8) is 0 Å². The van der Waals surface area contributed by atoms with Crippen molar-refractivity contribution in [1.82, 2.24) is 5.32 Å². The van der Waals surface area contributed by atoms with Gasteiger partial charge in [0.25, 0.3) is 11.6 Å². The summed E-state index contributed by atoms with van der Waals surface area (Å²) in [6, 6.07) is 10.7. The van der Waals surface area contributed by atoms with Gasteiger partial charge in [0.2, 0.25) is 0 Å². The summed E-state index contributed by atoms with van der Waals surface area (Å²) in [6.07, 6.45) is 0. The molecule has 0 heterocycles. The first kappa shape index (κ1) is 24.1. The Labute approximate surface area is 175 Å². The number of carbonyl (C=O) groups is 2. The van der Waals surface area contributed by atoms with Gasteiger partial charge in [-0.15, -0.1) is 12.4 Å². The molecule has 0 bridgehead atoms. The molecule has 0 saturated heterocycles. The molecule has 0 aromatic heterocycles. The highest BCUT2D eigenvalue weighted by atomic mass is 35.5. The Balaban J connectivity index is 0.00000420. The van der Waals surface area contributed by atoms with Gasteiger partial charge in [-0.05, 0) is 30.7 Å². The summed E-state index contributed by atoms with van der Waals surface area (Å²) < 4.78 is 0. The van der Waals surface area contributed by atoms with Crippen LogP contribution in [0.5, 0.6) is 0 Å². The maximum atomic E-state index is 13.0. The van der Waals surface area contributed by atoms with E-state index in [4.69, 9.17) is 5.73 Å². The second kappa shape index (κ2) is 10.5. The SMILES string of the molecule is CC(CN)CNC(=O)c1ccccc1C(=O)c1ccc(N(C)C)c([N+](=O)[O-])c1.Cl. The van der Waals surface area contributed by atoms with Crippen LogP contribution >= 0.6 is 12.4 Å². The first-order chi connectivity index (χ1) is 13.3. The number of nitro groups is 1. The Morgan fingerprint density at radius 1 is 1.17 bits per heavy atom. The summed E-state index contributed by atoms with van der Waals surface area (Å²) in [4.78, 5) is 38.0. The van der Waals surface area contributed by atoms with E-state index in [1.165, 1.54) is 24.3 Å². The summed E-state index contributed by atoms with van der Waals surface area (Å²) in [5.41, 5.74) is 6.33. The molecule has 8 nitrogen and oxygen atoms in total. The third kappa shape index (κ3) is 5.75. The van der Waals surface area contributed by atoms with Gasteiger partial charge in [0.15, 0.2) is 5.78 Å². The molecular weight excluding hydrogens is 396 g/mol. The minimum atomic E-state index is -0.529. The second-order valence-corrected chi connectivity index (χ2v) is 6.78. The van der Waals surface area contributed by atoms with Gasteiger partial charge in [0, 0.05) is 37.8 Å². The van der Waals surface area contributed by atoms with E-state index < -0.39 is 10.7 Å². The highest BCUT2D eigenvalue weighted by Gasteiger charge is 2.22. The van der Waals surface area contributed by atoms with Crippen molar-refractivity contribution in [2.45, 2.75) is 6.92 Å². The van der Waals surface area contributed by atoms with E-state index in [-0.39, 0.29) is 46.6 Å². The van der Waals surface area contributed by atoms with Gasteiger partial charge >= 0.3 is 0 Å². The van der Waals surface area contributed by atoms with Crippen LogP contribution in [0.25, 0.3) is 0 Å². The molecule has 2 aromatic carbocycles. The Hall–Kier alpha value is -2.97. The van der Waals surface area contributed by atoms with Crippen LogP contribution in [-0.4, -0.2) is 43.8 Å². The third-order valence-corrected chi connectivity index (χ3v) is 4.35. The van der Waals surface area contributed by atoms with Gasteiger partial charge in [0.05, 0.1) is 10.5 Å². The van der Waals surface area contributed by atoms with Gasteiger partial charge in [-0.3, -0.25) is 19.7 Å². The van der Waals surface area contributed by atoms with E-state index >= 15 is 0 Å². The maximum absolute atomic E-state index is 13.0. The molecular formula is C20H25ClN4O4. The van der Waals surface area contributed by atoms with E-state index in [0.29, 0.717) is 18.8 Å². The Morgan fingerprint density at radius 3 is 2.34 bits per heavy atom. The highest BCUT2D eigenvalue weighted by molar-refractivity contribution is 6.15. The highest BCUT2D eigenvalue weighted by Crippen LogP contribution is 2.29. The zero-order chi connectivity index (χ0) is 20.8. The average molecular weight is 421 g/mol. The first-order valence-electron chi connectivity index (χ1n) is 8.84. The fourth-order valence-electron chi connectivity index (χ4n) is 2.67. The van der Waals surface area contributed by atoms with Gasteiger partial charge in [-0.25, -0.2) is 0 Å². The normalized spacial score (nSPS) is 11.2. The Morgan fingerprint density at radius 2 is 1.79 bits per heavy atom. The minimum Gasteiger partial charge on any atom is -0.372 e. The van der Waals surface area contributed by atoms with Crippen molar-refractivity contribution in [1.29, 1.82) is 0 Å². The quantitative estimate of drug-likeness (QED) is 0.385. The van der Waals surface area contributed by atoms with E-state index in [1.807, 2.05) is 6.92 Å². The molecule has 2 rings (SSSR count). The standard InChI is InChI=1S/C20H24N4O4.ClH/c1-13(11-21)12-22-20(26)16-7-5-4-6-15(16)19(25)14-8-9-17(23(2)3)18(10-14)24(27)28;/h4-10,13H,11-12,21H2,1-3H3,(H,22,26);1H. The van der Waals surface area contributed by atoms with Gasteiger partial charge in [-0.2, -0.15) is 0 Å². The second-order valence-electron chi connectivity index (χ2n) is 6.78. The molecule has 0 radical (unpaired) electrons. The zero-order valence-electron chi connectivity index (χ0n) is 16.5. The summed E-state index contributed by atoms with van der Waals surface area (Å²) in [7, 11) is 3.37. The molecule has 0 spiro atoms. The molecule has 1 amide bonds. The van der Waals surface area contributed by atoms with Crippen LogP contribution in [0.2, 0.25) is 0 Å². The van der Waals surface area contributed by atoms with Crippen LogP contribution < -0.4 is 16.0 Å². The lowest BCUT2D eigenvalue weighted by Gasteiger charge is -2.14. The molecule has 0 aliphatic rings. The predicted molar refractivity (Wildman–Crippen MR) is 115 cm³/mol. The first-order valence-corrected chi connectivity index (χ1v) is 8.84. The largest absolute Gasteiger partial charge is 0.372 e. The molecule has 0 aliphatic heterocycles. The van der Waals surface area contributed by atoms with E-state index in [0.717, 1.165) is 0 Å². The van der Waals surface area contributed by atoms with Crippen LogP contribution in [0.15, 0.2) is 42.5 Å². The lowest BCUT2D eigenvalue weighted by atomic mass is 9.97. The van der Waals surface area contributed by atoms with Gasteiger partial charge in [-0.1, -0.05) is 25.1 Å². The lowest BCUT2D eigenvalue weighted by Crippen LogP contribution is -2.32. The van der Waals surface area contributed by atoms with Crippen molar-refractivity contribution in [2.75, 3.05) is 32.1 Å². The van der Waals surface area contributed by atoms with Gasteiger partial charge < -0.3 is 16.0 Å². The number of hydrogen-bond acceptors (Lipinski definition) is 6. The van der Waals surface area contributed by atoms with Crippen LogP contribution in [0.3, 0.4) is 0 Å². The van der Waals surface area contributed by atoms with Crippen LogP contribution in [0.1, 0.15) is 33.2 Å². The Bertz CT molecular complexity index is 902. The molecule has 156 valence electrons. The number of rotatable bonds is 8. The predicted octanol–water partition coefficient (Wildman–Crippen LogP) is 2.64. The van der Waals surface area contributed by atoms with Crippen LogP contribution in [-0.2, 0) is 0 Å². The Kier molecular flexibility index (Phi) is 8.75. The minimum absolute atomic E-state index is 0. The van der Waals surface area contributed by atoms with Gasteiger partial charge in [0.1, 0.15) is 5.69 Å². The summed E-state index contributed by atoms with van der Waals surface area (Å²) in [5.74, 6) is -0.734. The number of carbonyl (C=O) groups excluding carboxylic acids is 2. The number of nitrogens with one attached hydrogen (secondary N) is 1. The fourth-order valence-corrected chi connectivity index (χ4v) is 2.67. The lowest BCUT2D eigenvalue weighted by molar-refractivity contribution is -0.384. The fraction of sp³-hybridized carbons (Fsp3) is 0.300. The zero-order valence-corrected chi connectivity index (χ0v) is 17.4. The van der Waals surface area contributed by atoms with Crippen molar-refractivity contribution in [3.8, 4) is 0 Å². The van der Waals surface area contributed by atoms with E-state index in [9.17, 15) is 19.7 Å². The number of amides is 1. The molecule has 1 atom stereocenters. The number of nitro benzene ring substituents is 1. The topological polar surface area (TPSA) is 119 Å². The summed E-state index contributed by atoms with van der Waals surface area (Å²) >= 11 is 0. The number of halogens is 1. The molecule has 1 unspecified atom stereocenters. The maximum Gasteiger partial charge on any atom is 0.293 e. The average Bonchev–Trinajstić information content (AvgIpc) is 2.70. The molecule has 3 N–H and O–H groups in total. The molecule has 0 fully saturated rings. The van der Waals surface area contributed by atoms with Crippen LogP contribution in [0.4, 0.5) is 11.4 Å². The van der Waals surface area contributed by atoms with E-state index in [1.54, 1.807) is 37.2 Å². The molecule has 2 aromatic rings. The summed E-state index contributed by atoms with van der Waals surface area (Å²) in [6.45, 7) is 2.73. The number of hydrogen-bond donors (Lipinski definition) is 2. The number of ketones is 1. The third-order valence-electron chi connectivity index (χ3n) is 4.35. The number of nitrogens with zero attached hydrogens (tertiary/aromatic N) is 2. The molecule has 0 saturated carbocycles.